The molecule has 0 saturated carbocycles. The van der Waals surface area contributed by atoms with E-state index < -0.39 is 0 Å². The van der Waals surface area contributed by atoms with E-state index in [1.165, 1.54) is 22.3 Å². The van der Waals surface area contributed by atoms with E-state index in [0.29, 0.717) is 6.04 Å². The van der Waals surface area contributed by atoms with Crippen LogP contribution in [0.2, 0.25) is 0 Å². The van der Waals surface area contributed by atoms with Crippen molar-refractivity contribution in [2.24, 2.45) is 0 Å². The van der Waals surface area contributed by atoms with Crippen LogP contribution in [0.3, 0.4) is 0 Å². The van der Waals surface area contributed by atoms with E-state index in [0.717, 1.165) is 17.3 Å². The second-order valence-corrected chi connectivity index (χ2v) is 6.43. The molecule has 0 aliphatic carbocycles. The summed E-state index contributed by atoms with van der Waals surface area (Å²) in [7, 11) is 0. The van der Waals surface area contributed by atoms with Crippen LogP contribution < -0.4 is 5.32 Å². The molecule has 21 heavy (non-hydrogen) atoms. The first-order valence-corrected chi connectivity index (χ1v) is 8.47. The minimum absolute atomic E-state index is 0.338. The molecule has 2 rings (SSSR count). The van der Waals surface area contributed by atoms with E-state index in [2.05, 4.69) is 62.3 Å². The van der Waals surface area contributed by atoms with Crippen molar-refractivity contribution in [2.75, 3.05) is 6.54 Å². The van der Waals surface area contributed by atoms with Gasteiger partial charge in [0.25, 0.3) is 0 Å². The van der Waals surface area contributed by atoms with E-state index in [-0.39, 0.29) is 0 Å². The second kappa shape index (κ2) is 7.62. The first-order chi connectivity index (χ1) is 10.1. The first kappa shape index (κ1) is 16.1. The van der Waals surface area contributed by atoms with Crippen LogP contribution in [-0.2, 0) is 5.75 Å². The predicted octanol–water partition coefficient (Wildman–Crippen LogP) is 4.66. The van der Waals surface area contributed by atoms with Gasteiger partial charge in [-0.05, 0) is 38.9 Å². The molecule has 3 heteroatoms. The van der Waals surface area contributed by atoms with Crippen molar-refractivity contribution >= 4 is 11.8 Å². The van der Waals surface area contributed by atoms with Crippen molar-refractivity contribution in [1.82, 2.24) is 10.3 Å². The van der Waals surface area contributed by atoms with Gasteiger partial charge in [0.05, 0.1) is 0 Å². The Morgan fingerprint density at radius 1 is 1.19 bits per heavy atom. The summed E-state index contributed by atoms with van der Waals surface area (Å²) in [6.07, 6.45) is 1.88. The Bertz CT molecular complexity index is 575. The number of hydrogen-bond donors (Lipinski definition) is 1. The number of nitrogens with zero attached hydrogens (tertiary/aromatic N) is 1. The Balaban J connectivity index is 2.12. The average molecular weight is 300 g/mol. The zero-order valence-electron chi connectivity index (χ0n) is 13.3. The lowest BCUT2D eigenvalue weighted by Crippen LogP contribution is -2.18. The normalized spacial score (nSPS) is 12.4. The van der Waals surface area contributed by atoms with Gasteiger partial charge in [0, 0.05) is 23.6 Å². The summed E-state index contributed by atoms with van der Waals surface area (Å²) in [6, 6.07) is 11.3. The molecule has 0 aliphatic heterocycles. The highest BCUT2D eigenvalue weighted by Crippen LogP contribution is 2.28. The van der Waals surface area contributed by atoms with E-state index in [1.54, 1.807) is 0 Å². The molecule has 2 aromatic rings. The summed E-state index contributed by atoms with van der Waals surface area (Å²) in [5.41, 5.74) is 5.31. The maximum atomic E-state index is 4.56. The molecule has 112 valence electrons. The van der Waals surface area contributed by atoms with Gasteiger partial charge in [-0.2, -0.15) is 0 Å². The molecule has 1 unspecified atom stereocenters. The quantitative estimate of drug-likeness (QED) is 0.785. The summed E-state index contributed by atoms with van der Waals surface area (Å²) in [4.78, 5) is 4.56. The van der Waals surface area contributed by atoms with Crippen molar-refractivity contribution in [3.63, 3.8) is 0 Å². The second-order valence-electron chi connectivity index (χ2n) is 5.46. The van der Waals surface area contributed by atoms with E-state index in [1.807, 2.05) is 24.0 Å². The number of aromatic nitrogens is 1. The zero-order valence-corrected chi connectivity index (χ0v) is 14.1. The lowest BCUT2D eigenvalue weighted by Gasteiger charge is -2.16. The fraction of sp³-hybridized carbons (Fsp3) is 0.389. The van der Waals surface area contributed by atoms with Gasteiger partial charge in [-0.3, -0.25) is 0 Å². The van der Waals surface area contributed by atoms with Crippen LogP contribution in [0, 0.1) is 13.8 Å². The third-order valence-electron chi connectivity index (χ3n) is 3.43. The highest BCUT2D eigenvalue weighted by Gasteiger charge is 2.11. The smallest absolute Gasteiger partial charge is 0.101 e. The number of hydrogen-bond acceptors (Lipinski definition) is 3. The molecule has 2 nitrogen and oxygen atoms in total. The molecule has 1 N–H and O–H groups in total. The first-order valence-electron chi connectivity index (χ1n) is 7.48. The highest BCUT2D eigenvalue weighted by atomic mass is 32.2. The molecule has 0 bridgehead atoms. The van der Waals surface area contributed by atoms with E-state index in [4.69, 9.17) is 0 Å². The standard InChI is InChI=1S/C18H24N2S/c1-5-19-15(4)17-7-6-8-20-18(17)21-12-16-10-13(2)9-14(3)11-16/h6-11,15,19H,5,12H2,1-4H3. The fourth-order valence-electron chi connectivity index (χ4n) is 2.57. The van der Waals surface area contributed by atoms with Crippen LogP contribution in [0.15, 0.2) is 41.6 Å². The Labute approximate surface area is 132 Å². The average Bonchev–Trinajstić information content (AvgIpc) is 2.45. The minimum atomic E-state index is 0.338. The van der Waals surface area contributed by atoms with Crippen LogP contribution in [0.1, 0.15) is 42.1 Å². The van der Waals surface area contributed by atoms with Crippen LogP contribution in [-0.4, -0.2) is 11.5 Å². The fourth-order valence-corrected chi connectivity index (χ4v) is 3.59. The molecular formula is C18H24N2S. The van der Waals surface area contributed by atoms with Crippen molar-refractivity contribution < 1.29 is 0 Å². The maximum Gasteiger partial charge on any atom is 0.101 e. The number of thioether (sulfide) groups is 1. The molecule has 0 amide bonds. The topological polar surface area (TPSA) is 24.9 Å². The van der Waals surface area contributed by atoms with Crippen LogP contribution >= 0.6 is 11.8 Å². The lowest BCUT2D eigenvalue weighted by atomic mass is 10.1. The molecule has 0 fully saturated rings. The van der Waals surface area contributed by atoms with Crippen molar-refractivity contribution in [1.29, 1.82) is 0 Å². The number of rotatable bonds is 6. The van der Waals surface area contributed by atoms with Gasteiger partial charge < -0.3 is 5.32 Å². The number of benzene rings is 1. The Morgan fingerprint density at radius 2 is 1.90 bits per heavy atom. The van der Waals surface area contributed by atoms with E-state index >= 15 is 0 Å². The highest BCUT2D eigenvalue weighted by molar-refractivity contribution is 7.98. The van der Waals surface area contributed by atoms with Crippen LogP contribution in [0.4, 0.5) is 0 Å². The minimum Gasteiger partial charge on any atom is -0.310 e. The summed E-state index contributed by atoms with van der Waals surface area (Å²) in [6.45, 7) is 9.61. The van der Waals surface area contributed by atoms with E-state index in [9.17, 15) is 0 Å². The Morgan fingerprint density at radius 3 is 2.57 bits per heavy atom. The molecule has 1 heterocycles. The third kappa shape index (κ3) is 4.58. The van der Waals surface area contributed by atoms with Crippen molar-refractivity contribution in [3.05, 3.63) is 58.8 Å². The summed E-state index contributed by atoms with van der Waals surface area (Å²) in [5, 5.41) is 4.59. The summed E-state index contributed by atoms with van der Waals surface area (Å²) >= 11 is 1.82. The molecular weight excluding hydrogens is 276 g/mol. The molecule has 0 radical (unpaired) electrons. The Kier molecular flexibility index (Phi) is 5.83. The van der Waals surface area contributed by atoms with Crippen LogP contribution in [0.5, 0.6) is 0 Å². The number of pyridine rings is 1. The molecule has 1 aromatic carbocycles. The van der Waals surface area contributed by atoms with Gasteiger partial charge in [-0.1, -0.05) is 42.3 Å². The van der Waals surface area contributed by atoms with Gasteiger partial charge in [0.2, 0.25) is 0 Å². The molecule has 1 aromatic heterocycles. The van der Waals surface area contributed by atoms with Gasteiger partial charge >= 0.3 is 0 Å². The third-order valence-corrected chi connectivity index (χ3v) is 4.53. The van der Waals surface area contributed by atoms with Gasteiger partial charge in [-0.15, -0.1) is 11.8 Å². The number of aryl methyl sites for hydroxylation is 2. The molecule has 0 saturated heterocycles. The lowest BCUT2D eigenvalue weighted by molar-refractivity contribution is 0.585. The SMILES string of the molecule is CCNC(C)c1cccnc1SCc1cc(C)cc(C)c1. The molecule has 1 atom stereocenters. The number of nitrogens with one attached hydrogen (secondary N) is 1. The van der Waals surface area contributed by atoms with Crippen molar-refractivity contribution in [2.45, 2.75) is 44.5 Å². The molecule has 0 spiro atoms. The van der Waals surface area contributed by atoms with Crippen LogP contribution in [0.25, 0.3) is 0 Å². The summed E-state index contributed by atoms with van der Waals surface area (Å²) in [5.74, 6) is 0.964. The summed E-state index contributed by atoms with van der Waals surface area (Å²) < 4.78 is 0. The van der Waals surface area contributed by atoms with Gasteiger partial charge in [0.1, 0.15) is 5.03 Å². The van der Waals surface area contributed by atoms with Gasteiger partial charge in [-0.25, -0.2) is 4.98 Å². The predicted molar refractivity (Wildman–Crippen MR) is 91.8 cm³/mol. The monoisotopic (exact) mass is 300 g/mol. The van der Waals surface area contributed by atoms with Crippen molar-refractivity contribution in [3.8, 4) is 0 Å². The maximum absolute atomic E-state index is 4.56. The Hall–Kier alpha value is -1.32. The molecule has 0 aliphatic rings. The van der Waals surface area contributed by atoms with Gasteiger partial charge in [0.15, 0.2) is 0 Å². The largest absolute Gasteiger partial charge is 0.310 e. The zero-order chi connectivity index (χ0) is 15.2.